The summed E-state index contributed by atoms with van der Waals surface area (Å²) >= 11 is 0. The van der Waals surface area contributed by atoms with Crippen LogP contribution < -0.4 is 5.32 Å². The summed E-state index contributed by atoms with van der Waals surface area (Å²) < 4.78 is 20.9. The zero-order chi connectivity index (χ0) is 21.4. The van der Waals surface area contributed by atoms with Gasteiger partial charge in [-0.3, -0.25) is 4.79 Å². The number of imidazole rings is 1. The zero-order valence-corrected chi connectivity index (χ0v) is 17.3. The Labute approximate surface area is 179 Å². The topological polar surface area (TPSA) is 81.9 Å². The van der Waals surface area contributed by atoms with Crippen LogP contribution in [-0.2, 0) is 18.2 Å². The highest BCUT2D eigenvalue weighted by Gasteiger charge is 2.27. The molecule has 1 atom stereocenters. The van der Waals surface area contributed by atoms with Crippen molar-refractivity contribution >= 4 is 5.91 Å². The van der Waals surface area contributed by atoms with Crippen molar-refractivity contribution in [2.75, 3.05) is 13.2 Å². The molecule has 2 aliphatic rings. The Hall–Kier alpha value is -3.13. The Morgan fingerprint density at radius 2 is 2.03 bits per heavy atom. The maximum atomic E-state index is 13.5. The lowest BCUT2D eigenvalue weighted by Gasteiger charge is -2.22. The number of aryl methyl sites for hydroxylation is 2. The number of hydrogen-bond acceptors (Lipinski definition) is 5. The lowest BCUT2D eigenvalue weighted by Crippen LogP contribution is -2.28. The third-order valence-corrected chi connectivity index (χ3v) is 6.15. The van der Waals surface area contributed by atoms with Gasteiger partial charge in [-0.05, 0) is 55.0 Å². The van der Waals surface area contributed by atoms with E-state index in [1.807, 2.05) is 11.6 Å². The number of fused-ring (bicyclic) bond motifs is 1. The number of amides is 1. The van der Waals surface area contributed by atoms with Crippen LogP contribution >= 0.6 is 0 Å². The highest BCUT2D eigenvalue weighted by atomic mass is 19.1. The van der Waals surface area contributed by atoms with Crippen LogP contribution in [0.3, 0.4) is 0 Å². The van der Waals surface area contributed by atoms with Crippen LogP contribution in [0.25, 0.3) is 11.5 Å². The molecule has 0 spiro atoms. The van der Waals surface area contributed by atoms with E-state index in [1.165, 1.54) is 6.07 Å². The average Bonchev–Trinajstić information content (AvgIpc) is 3.39. The Morgan fingerprint density at radius 1 is 1.19 bits per heavy atom. The number of nitrogens with zero attached hydrogens (tertiary/aromatic N) is 4. The molecule has 5 rings (SSSR count). The molecule has 0 saturated carbocycles. The van der Waals surface area contributed by atoms with Crippen LogP contribution in [-0.4, -0.2) is 38.6 Å². The molecule has 1 aliphatic carbocycles. The molecule has 160 valence electrons. The molecule has 3 heterocycles. The first-order valence-corrected chi connectivity index (χ1v) is 10.6. The molecule has 1 fully saturated rings. The first-order chi connectivity index (χ1) is 15.1. The molecule has 7 nitrogen and oxygen atoms in total. The molecule has 0 radical (unpaired) electrons. The van der Waals surface area contributed by atoms with Crippen LogP contribution in [0.2, 0.25) is 0 Å². The number of carbonyl (C=O) groups is 1. The first kappa shape index (κ1) is 19.8. The van der Waals surface area contributed by atoms with E-state index < -0.39 is 0 Å². The Kier molecular flexibility index (Phi) is 5.23. The van der Waals surface area contributed by atoms with E-state index in [9.17, 15) is 9.18 Å². The Morgan fingerprint density at radius 3 is 2.81 bits per heavy atom. The normalized spacial score (nSPS) is 18.7. The van der Waals surface area contributed by atoms with Gasteiger partial charge in [-0.15, -0.1) is 0 Å². The fraction of sp³-hybridized carbons (Fsp3) is 0.391. The van der Waals surface area contributed by atoms with Gasteiger partial charge in [-0.25, -0.2) is 19.3 Å². The van der Waals surface area contributed by atoms with E-state index in [0.29, 0.717) is 24.7 Å². The third kappa shape index (κ3) is 3.95. The van der Waals surface area contributed by atoms with Gasteiger partial charge in [0.05, 0.1) is 18.6 Å². The second kappa shape index (κ2) is 8.19. The molecule has 0 bridgehead atoms. The molecule has 2 aromatic heterocycles. The van der Waals surface area contributed by atoms with Crippen molar-refractivity contribution in [2.45, 2.75) is 37.6 Å². The molecule has 0 unspecified atom stereocenters. The molecule has 8 heteroatoms. The summed E-state index contributed by atoms with van der Waals surface area (Å²) in [4.78, 5) is 26.7. The van der Waals surface area contributed by atoms with Crippen LogP contribution in [0, 0.1) is 5.82 Å². The van der Waals surface area contributed by atoms with Crippen molar-refractivity contribution in [3.63, 3.8) is 0 Å². The van der Waals surface area contributed by atoms with Crippen molar-refractivity contribution in [3.05, 3.63) is 65.1 Å². The summed E-state index contributed by atoms with van der Waals surface area (Å²) in [5.41, 5.74) is 3.87. The van der Waals surface area contributed by atoms with Crippen LogP contribution in [0.15, 0.2) is 36.8 Å². The number of hydrogen-bond donors (Lipinski definition) is 1. The fourth-order valence-electron chi connectivity index (χ4n) is 4.44. The van der Waals surface area contributed by atoms with E-state index >= 15 is 0 Å². The maximum Gasteiger partial charge on any atom is 0.270 e. The number of rotatable bonds is 4. The smallest absolute Gasteiger partial charge is 0.270 e. The summed E-state index contributed by atoms with van der Waals surface area (Å²) in [5.74, 6) is 0.221. The van der Waals surface area contributed by atoms with Gasteiger partial charge in [0.2, 0.25) is 0 Å². The number of aromatic nitrogens is 4. The van der Waals surface area contributed by atoms with Gasteiger partial charge in [0.1, 0.15) is 17.2 Å². The highest BCUT2D eigenvalue weighted by molar-refractivity contribution is 5.93. The molecule has 3 aromatic rings. The second-order valence-corrected chi connectivity index (χ2v) is 8.19. The summed E-state index contributed by atoms with van der Waals surface area (Å²) in [5, 5.41) is 3.09. The average molecular weight is 421 g/mol. The Balaban J connectivity index is 1.46. The fourth-order valence-corrected chi connectivity index (χ4v) is 4.44. The molecule has 1 N–H and O–H groups in total. The summed E-state index contributed by atoms with van der Waals surface area (Å²) in [7, 11) is 1.88. The summed E-state index contributed by atoms with van der Waals surface area (Å²) in [6.07, 6.45) is 6.61. The van der Waals surface area contributed by atoms with Gasteiger partial charge in [0, 0.05) is 31.9 Å². The molecule has 31 heavy (non-hydrogen) atoms. The van der Waals surface area contributed by atoms with Crippen LogP contribution in [0.1, 0.15) is 58.5 Å². The van der Waals surface area contributed by atoms with Gasteiger partial charge in [0.25, 0.3) is 5.91 Å². The minimum Gasteiger partial charge on any atom is -0.381 e. The molecular formula is C23H24FN5O2. The monoisotopic (exact) mass is 421 g/mol. The van der Waals surface area contributed by atoms with Gasteiger partial charge in [0.15, 0.2) is 5.82 Å². The summed E-state index contributed by atoms with van der Waals surface area (Å²) in [6, 6.07) is 6.40. The lowest BCUT2D eigenvalue weighted by atomic mass is 9.95. The maximum absolute atomic E-state index is 13.5. The first-order valence-electron chi connectivity index (χ1n) is 10.6. The predicted octanol–water partition coefficient (Wildman–Crippen LogP) is 3.33. The lowest BCUT2D eigenvalue weighted by molar-refractivity contribution is 0.0844. The van der Waals surface area contributed by atoms with Crippen molar-refractivity contribution in [2.24, 2.45) is 7.05 Å². The molecular weight excluding hydrogens is 397 g/mol. The van der Waals surface area contributed by atoms with Gasteiger partial charge >= 0.3 is 0 Å². The van der Waals surface area contributed by atoms with E-state index in [4.69, 9.17) is 9.72 Å². The molecule has 1 saturated heterocycles. The number of halogens is 1. The van der Waals surface area contributed by atoms with E-state index in [2.05, 4.69) is 15.3 Å². The highest BCUT2D eigenvalue weighted by Crippen LogP contribution is 2.32. The van der Waals surface area contributed by atoms with E-state index in [-0.39, 0.29) is 23.7 Å². The molecule has 1 aromatic carbocycles. The minimum atomic E-state index is -0.249. The van der Waals surface area contributed by atoms with E-state index in [0.717, 1.165) is 48.2 Å². The predicted molar refractivity (Wildman–Crippen MR) is 112 cm³/mol. The zero-order valence-electron chi connectivity index (χ0n) is 17.3. The third-order valence-electron chi connectivity index (χ3n) is 6.15. The van der Waals surface area contributed by atoms with Crippen molar-refractivity contribution in [1.82, 2.24) is 24.8 Å². The van der Waals surface area contributed by atoms with E-state index in [1.54, 1.807) is 30.7 Å². The SMILES string of the molecule is Cn1cncc1-c1nc(C(=O)N[C@H]2CCc3cc(F)ccc32)cc(C2CCOCC2)n1. The molecule has 1 aliphatic heterocycles. The number of ether oxygens (including phenoxy) is 1. The van der Waals surface area contributed by atoms with Crippen molar-refractivity contribution in [1.29, 1.82) is 0 Å². The quantitative estimate of drug-likeness (QED) is 0.699. The van der Waals surface area contributed by atoms with Crippen molar-refractivity contribution < 1.29 is 13.9 Å². The second-order valence-electron chi connectivity index (χ2n) is 8.19. The van der Waals surface area contributed by atoms with Gasteiger partial charge in [-0.2, -0.15) is 0 Å². The number of nitrogens with one attached hydrogen (secondary N) is 1. The van der Waals surface area contributed by atoms with Gasteiger partial charge < -0.3 is 14.6 Å². The summed E-state index contributed by atoms with van der Waals surface area (Å²) in [6.45, 7) is 1.37. The Bertz CT molecular complexity index is 1120. The number of carbonyl (C=O) groups excluding carboxylic acids is 1. The number of benzene rings is 1. The standard InChI is InChI=1S/C23H24FN5O2/c1-29-13-25-12-21(29)22-26-19(14-6-8-31-9-7-14)11-20(27-22)23(30)28-18-5-2-15-10-16(24)3-4-17(15)18/h3-4,10-14,18H,2,5-9H2,1H3,(H,28,30)/t18-/m0/s1. The van der Waals surface area contributed by atoms with Gasteiger partial charge in [-0.1, -0.05) is 6.07 Å². The van der Waals surface area contributed by atoms with Crippen molar-refractivity contribution in [3.8, 4) is 11.5 Å². The van der Waals surface area contributed by atoms with Crippen LogP contribution in [0.5, 0.6) is 0 Å². The molecule has 1 amide bonds. The minimum absolute atomic E-state index is 0.148. The largest absolute Gasteiger partial charge is 0.381 e. The van der Waals surface area contributed by atoms with Crippen LogP contribution in [0.4, 0.5) is 4.39 Å².